The normalized spacial score (nSPS) is 10.8. The van der Waals surface area contributed by atoms with Gasteiger partial charge in [-0.25, -0.2) is 4.98 Å². The van der Waals surface area contributed by atoms with Crippen molar-refractivity contribution in [3.63, 3.8) is 0 Å². The molecule has 2 aromatic heterocycles. The Morgan fingerprint density at radius 2 is 2.00 bits per heavy atom. The predicted molar refractivity (Wildman–Crippen MR) is 98.7 cm³/mol. The van der Waals surface area contributed by atoms with Gasteiger partial charge < -0.3 is 15.2 Å². The summed E-state index contributed by atoms with van der Waals surface area (Å²) in [6.07, 6.45) is 2.02. The van der Waals surface area contributed by atoms with E-state index in [0.29, 0.717) is 12.1 Å². The van der Waals surface area contributed by atoms with Crippen LogP contribution in [0.1, 0.15) is 16.8 Å². The summed E-state index contributed by atoms with van der Waals surface area (Å²) in [5.74, 6) is 0.816. The molecule has 0 unspecified atom stereocenters. The van der Waals surface area contributed by atoms with Gasteiger partial charge in [-0.1, -0.05) is 11.6 Å². The van der Waals surface area contributed by atoms with Crippen LogP contribution in [-0.4, -0.2) is 30.0 Å². The third-order valence-corrected chi connectivity index (χ3v) is 4.10. The molecule has 2 heterocycles. The number of carbonyl (C=O) groups excluding carboxylic acids is 1. The van der Waals surface area contributed by atoms with Crippen molar-refractivity contribution in [2.45, 2.75) is 20.3 Å². The van der Waals surface area contributed by atoms with Crippen LogP contribution in [0.2, 0.25) is 0 Å². The molecular formula is C19H22N4O. The lowest BCUT2D eigenvalue weighted by molar-refractivity contribution is -0.115. The Bertz CT molecular complexity index is 878. The zero-order valence-electron chi connectivity index (χ0n) is 14.5. The number of aromatic nitrogens is 2. The molecule has 0 aliphatic carbocycles. The molecule has 0 fully saturated rings. The minimum atomic E-state index is -0.0418. The molecule has 124 valence electrons. The van der Waals surface area contributed by atoms with E-state index in [4.69, 9.17) is 0 Å². The molecule has 0 atom stereocenters. The summed E-state index contributed by atoms with van der Waals surface area (Å²) >= 11 is 0. The van der Waals surface area contributed by atoms with E-state index < -0.39 is 0 Å². The topological polar surface area (TPSA) is 61.0 Å². The van der Waals surface area contributed by atoms with Crippen LogP contribution in [-0.2, 0) is 11.2 Å². The predicted octanol–water partition coefficient (Wildman–Crippen LogP) is 3.43. The van der Waals surface area contributed by atoms with Gasteiger partial charge in [-0.2, -0.15) is 0 Å². The molecule has 2 N–H and O–H groups in total. The molecule has 3 rings (SSSR count). The Hall–Kier alpha value is -2.82. The van der Waals surface area contributed by atoms with E-state index in [9.17, 15) is 4.79 Å². The minimum Gasteiger partial charge on any atom is -0.363 e. The molecular weight excluding hydrogens is 300 g/mol. The molecule has 0 saturated carbocycles. The molecule has 1 amide bonds. The maximum atomic E-state index is 12.4. The quantitative estimate of drug-likeness (QED) is 0.773. The number of fused-ring (bicyclic) bond motifs is 1. The first kappa shape index (κ1) is 16.1. The van der Waals surface area contributed by atoms with Crippen molar-refractivity contribution >= 4 is 28.3 Å². The van der Waals surface area contributed by atoms with E-state index >= 15 is 0 Å². The first-order valence-corrected chi connectivity index (χ1v) is 7.95. The van der Waals surface area contributed by atoms with Crippen molar-refractivity contribution in [3.05, 3.63) is 53.3 Å². The fourth-order valence-electron chi connectivity index (χ4n) is 2.81. The van der Waals surface area contributed by atoms with Crippen molar-refractivity contribution in [1.82, 2.24) is 9.97 Å². The Kier molecular flexibility index (Phi) is 4.25. The first-order chi connectivity index (χ1) is 11.4. The SMILES string of the molecule is Cc1ccc2[nH]c(C)c(CC(=O)Nc3ccc(N(C)C)nc3)c2c1. The monoisotopic (exact) mass is 322 g/mol. The summed E-state index contributed by atoms with van der Waals surface area (Å²) in [4.78, 5) is 22.0. The number of nitrogens with one attached hydrogen (secondary N) is 2. The molecule has 0 saturated heterocycles. The van der Waals surface area contributed by atoms with Crippen LogP contribution >= 0.6 is 0 Å². The maximum Gasteiger partial charge on any atom is 0.228 e. The summed E-state index contributed by atoms with van der Waals surface area (Å²) in [5.41, 5.74) is 5.04. The minimum absolute atomic E-state index is 0.0418. The van der Waals surface area contributed by atoms with Crippen molar-refractivity contribution in [2.75, 3.05) is 24.3 Å². The maximum absolute atomic E-state index is 12.4. The number of carbonyl (C=O) groups is 1. The molecule has 0 aliphatic heterocycles. The highest BCUT2D eigenvalue weighted by Gasteiger charge is 2.13. The van der Waals surface area contributed by atoms with Crippen LogP contribution in [0.3, 0.4) is 0 Å². The molecule has 0 aliphatic rings. The molecule has 24 heavy (non-hydrogen) atoms. The number of anilines is 2. The van der Waals surface area contributed by atoms with Crippen molar-refractivity contribution < 1.29 is 4.79 Å². The smallest absolute Gasteiger partial charge is 0.228 e. The van der Waals surface area contributed by atoms with Crippen LogP contribution in [0.5, 0.6) is 0 Å². The van der Waals surface area contributed by atoms with Crippen molar-refractivity contribution in [1.29, 1.82) is 0 Å². The number of nitrogens with zero attached hydrogens (tertiary/aromatic N) is 2. The fourth-order valence-corrected chi connectivity index (χ4v) is 2.81. The number of aromatic amines is 1. The molecule has 3 aromatic rings. The number of benzene rings is 1. The second-order valence-electron chi connectivity index (χ2n) is 6.30. The van der Waals surface area contributed by atoms with Crippen LogP contribution in [0.4, 0.5) is 11.5 Å². The number of H-pyrrole nitrogens is 1. The average Bonchev–Trinajstić information content (AvgIpc) is 2.83. The Morgan fingerprint density at radius 3 is 2.67 bits per heavy atom. The number of amides is 1. The van der Waals surface area contributed by atoms with E-state index in [1.54, 1.807) is 6.20 Å². The van der Waals surface area contributed by atoms with Crippen molar-refractivity contribution in [3.8, 4) is 0 Å². The van der Waals surface area contributed by atoms with E-state index in [1.165, 1.54) is 5.56 Å². The van der Waals surface area contributed by atoms with Gasteiger partial charge in [0.1, 0.15) is 5.82 Å². The van der Waals surface area contributed by atoms with Gasteiger partial charge >= 0.3 is 0 Å². The zero-order valence-corrected chi connectivity index (χ0v) is 14.5. The molecule has 5 heteroatoms. The number of aryl methyl sites for hydroxylation is 2. The van der Waals surface area contributed by atoms with Gasteiger partial charge in [-0.3, -0.25) is 4.79 Å². The van der Waals surface area contributed by atoms with Gasteiger partial charge in [0, 0.05) is 30.7 Å². The third kappa shape index (κ3) is 3.25. The second-order valence-corrected chi connectivity index (χ2v) is 6.30. The summed E-state index contributed by atoms with van der Waals surface area (Å²) in [7, 11) is 3.87. The van der Waals surface area contributed by atoms with Gasteiger partial charge in [0.25, 0.3) is 0 Å². The first-order valence-electron chi connectivity index (χ1n) is 7.95. The summed E-state index contributed by atoms with van der Waals surface area (Å²) in [5, 5.41) is 4.03. The highest BCUT2D eigenvalue weighted by molar-refractivity contribution is 5.96. The Morgan fingerprint density at radius 1 is 1.21 bits per heavy atom. The largest absolute Gasteiger partial charge is 0.363 e. The van der Waals surface area contributed by atoms with Gasteiger partial charge in [-0.15, -0.1) is 0 Å². The number of rotatable bonds is 4. The van der Waals surface area contributed by atoms with E-state index in [-0.39, 0.29) is 5.91 Å². The van der Waals surface area contributed by atoms with Gasteiger partial charge in [0.05, 0.1) is 18.3 Å². The van der Waals surface area contributed by atoms with Gasteiger partial charge in [-0.05, 0) is 43.7 Å². The lowest BCUT2D eigenvalue weighted by Crippen LogP contribution is -2.15. The fraction of sp³-hybridized carbons (Fsp3) is 0.263. The number of hydrogen-bond donors (Lipinski definition) is 2. The standard InChI is InChI=1S/C19H22N4O/c1-12-5-7-17-16(9-12)15(13(2)21-17)10-19(24)22-14-6-8-18(20-11-14)23(3)4/h5-9,11,21H,10H2,1-4H3,(H,22,24). The number of pyridine rings is 1. The van der Waals surface area contributed by atoms with Crippen LogP contribution in [0, 0.1) is 13.8 Å². The Labute approximate surface area is 141 Å². The van der Waals surface area contributed by atoms with E-state index in [1.807, 2.05) is 38.1 Å². The van der Waals surface area contributed by atoms with Crippen LogP contribution in [0.15, 0.2) is 36.5 Å². The average molecular weight is 322 g/mol. The number of hydrogen-bond acceptors (Lipinski definition) is 3. The summed E-state index contributed by atoms with van der Waals surface area (Å²) in [6, 6.07) is 10.0. The highest BCUT2D eigenvalue weighted by atomic mass is 16.1. The second kappa shape index (κ2) is 6.35. The van der Waals surface area contributed by atoms with Crippen molar-refractivity contribution in [2.24, 2.45) is 0 Å². The molecule has 5 nitrogen and oxygen atoms in total. The van der Waals surface area contributed by atoms with E-state index in [0.717, 1.165) is 28.0 Å². The van der Waals surface area contributed by atoms with Gasteiger partial charge in [0.15, 0.2) is 0 Å². The Balaban J connectivity index is 1.77. The molecule has 0 spiro atoms. The third-order valence-electron chi connectivity index (χ3n) is 4.10. The zero-order chi connectivity index (χ0) is 17.3. The van der Waals surface area contributed by atoms with Crippen LogP contribution < -0.4 is 10.2 Å². The van der Waals surface area contributed by atoms with Gasteiger partial charge in [0.2, 0.25) is 5.91 Å². The highest BCUT2D eigenvalue weighted by Crippen LogP contribution is 2.24. The molecule has 0 radical (unpaired) electrons. The molecule has 0 bridgehead atoms. The van der Waals surface area contributed by atoms with E-state index in [2.05, 4.69) is 40.4 Å². The van der Waals surface area contributed by atoms with Crippen LogP contribution in [0.25, 0.3) is 10.9 Å². The lowest BCUT2D eigenvalue weighted by Gasteiger charge is -2.11. The summed E-state index contributed by atoms with van der Waals surface area (Å²) < 4.78 is 0. The molecule has 1 aromatic carbocycles. The lowest BCUT2D eigenvalue weighted by atomic mass is 10.1. The summed E-state index contributed by atoms with van der Waals surface area (Å²) in [6.45, 7) is 4.06.